The van der Waals surface area contributed by atoms with Gasteiger partial charge in [0.15, 0.2) is 0 Å². The van der Waals surface area contributed by atoms with Gasteiger partial charge in [-0.25, -0.2) is 0 Å². The Bertz CT molecular complexity index is 850. The van der Waals surface area contributed by atoms with Crippen molar-refractivity contribution in [3.8, 4) is 0 Å². The van der Waals surface area contributed by atoms with Gasteiger partial charge in [0.05, 0.1) is 11.2 Å². The summed E-state index contributed by atoms with van der Waals surface area (Å²) < 4.78 is 1.36. The summed E-state index contributed by atoms with van der Waals surface area (Å²) in [5.41, 5.74) is 1.30. The van der Waals surface area contributed by atoms with Crippen LogP contribution in [0.15, 0.2) is 65.7 Å². The van der Waals surface area contributed by atoms with Crippen LogP contribution in [0.4, 0.5) is 5.69 Å². The van der Waals surface area contributed by atoms with E-state index in [4.69, 9.17) is 0 Å². The van der Waals surface area contributed by atoms with E-state index in [2.05, 4.69) is 10.3 Å². The van der Waals surface area contributed by atoms with Gasteiger partial charge >= 0.3 is 0 Å². The molecule has 104 valence electrons. The Labute approximate surface area is 120 Å². The monoisotopic (exact) mass is 279 g/mol. The number of hydrogen-bond acceptors (Lipinski definition) is 3. The summed E-state index contributed by atoms with van der Waals surface area (Å²) in [5.74, 6) is -0.250. The van der Waals surface area contributed by atoms with Crippen LogP contribution in [-0.4, -0.2) is 15.5 Å². The number of pyridine rings is 2. The molecule has 2 aromatic heterocycles. The Morgan fingerprint density at radius 1 is 1.10 bits per heavy atom. The first-order chi connectivity index (χ1) is 10.2. The molecule has 0 radical (unpaired) electrons. The van der Waals surface area contributed by atoms with E-state index in [9.17, 15) is 9.59 Å². The molecule has 0 fully saturated rings. The smallest absolute Gasteiger partial charge is 0.250 e. The topological polar surface area (TPSA) is 64.0 Å². The van der Waals surface area contributed by atoms with Crippen LogP contribution < -0.4 is 10.9 Å². The molecule has 1 N–H and O–H groups in total. The third-order valence-electron chi connectivity index (χ3n) is 3.13. The zero-order valence-corrected chi connectivity index (χ0v) is 11.2. The summed E-state index contributed by atoms with van der Waals surface area (Å²) in [6, 6.07) is 14.0. The van der Waals surface area contributed by atoms with Crippen LogP contribution in [0.2, 0.25) is 0 Å². The fourth-order valence-corrected chi connectivity index (χ4v) is 2.15. The van der Waals surface area contributed by atoms with E-state index in [1.807, 2.05) is 30.3 Å². The molecule has 0 aliphatic rings. The van der Waals surface area contributed by atoms with Crippen LogP contribution in [0, 0.1) is 0 Å². The summed E-state index contributed by atoms with van der Waals surface area (Å²) in [4.78, 5) is 27.9. The van der Waals surface area contributed by atoms with Crippen molar-refractivity contribution in [2.75, 3.05) is 5.32 Å². The Morgan fingerprint density at radius 3 is 2.86 bits per heavy atom. The molecule has 0 bridgehead atoms. The molecule has 0 atom stereocenters. The lowest BCUT2D eigenvalue weighted by molar-refractivity contribution is -0.116. The Morgan fingerprint density at radius 2 is 2.00 bits per heavy atom. The number of aromatic nitrogens is 2. The third kappa shape index (κ3) is 2.81. The first kappa shape index (κ1) is 13.1. The number of nitrogens with zero attached hydrogens (tertiary/aromatic N) is 2. The first-order valence-electron chi connectivity index (χ1n) is 6.53. The van der Waals surface area contributed by atoms with Gasteiger partial charge in [-0.1, -0.05) is 12.1 Å². The van der Waals surface area contributed by atoms with Gasteiger partial charge in [0.25, 0.3) is 5.56 Å². The maximum Gasteiger partial charge on any atom is 0.250 e. The number of hydrogen-bond donors (Lipinski definition) is 1. The second-order valence-electron chi connectivity index (χ2n) is 4.59. The molecule has 3 aromatic rings. The average molecular weight is 279 g/mol. The van der Waals surface area contributed by atoms with Gasteiger partial charge < -0.3 is 9.88 Å². The molecule has 0 aliphatic carbocycles. The van der Waals surface area contributed by atoms with Crippen molar-refractivity contribution >= 4 is 22.5 Å². The zero-order valence-electron chi connectivity index (χ0n) is 11.2. The molecule has 5 nitrogen and oxygen atoms in total. The lowest BCUT2D eigenvalue weighted by atomic mass is 10.2. The fraction of sp³-hybridized carbons (Fsp3) is 0.0625. The molecule has 0 unspecified atom stereocenters. The van der Waals surface area contributed by atoms with E-state index < -0.39 is 0 Å². The highest BCUT2D eigenvalue weighted by molar-refractivity contribution is 6.00. The van der Waals surface area contributed by atoms with Crippen molar-refractivity contribution in [2.45, 2.75) is 6.54 Å². The van der Waals surface area contributed by atoms with Gasteiger partial charge in [0, 0.05) is 23.8 Å². The van der Waals surface area contributed by atoms with Gasteiger partial charge in [-0.15, -0.1) is 0 Å². The average Bonchev–Trinajstić information content (AvgIpc) is 2.50. The number of amides is 1. The molecule has 3 rings (SSSR count). The van der Waals surface area contributed by atoms with E-state index in [0.717, 1.165) is 10.9 Å². The van der Waals surface area contributed by atoms with Crippen molar-refractivity contribution in [3.63, 3.8) is 0 Å². The summed E-state index contributed by atoms with van der Waals surface area (Å²) in [6.07, 6.45) is 3.30. The number of benzene rings is 1. The molecular formula is C16H13N3O2. The molecule has 0 aliphatic heterocycles. The van der Waals surface area contributed by atoms with Crippen molar-refractivity contribution < 1.29 is 4.79 Å². The second-order valence-corrected chi connectivity index (χ2v) is 4.59. The Hall–Kier alpha value is -2.95. The lowest BCUT2D eigenvalue weighted by Crippen LogP contribution is -2.26. The molecule has 0 saturated heterocycles. The molecule has 2 heterocycles. The minimum atomic E-state index is -0.250. The molecule has 0 spiro atoms. The minimum absolute atomic E-state index is 0.0175. The van der Waals surface area contributed by atoms with Crippen LogP contribution in [0.1, 0.15) is 0 Å². The van der Waals surface area contributed by atoms with E-state index in [-0.39, 0.29) is 18.0 Å². The van der Waals surface area contributed by atoms with Gasteiger partial charge in [-0.05, 0) is 30.3 Å². The van der Waals surface area contributed by atoms with Crippen LogP contribution in [0.5, 0.6) is 0 Å². The van der Waals surface area contributed by atoms with Gasteiger partial charge in [0.2, 0.25) is 5.91 Å². The minimum Gasteiger partial charge on any atom is -0.324 e. The maximum absolute atomic E-state index is 12.1. The first-order valence-corrected chi connectivity index (χ1v) is 6.53. The van der Waals surface area contributed by atoms with E-state index in [0.29, 0.717) is 5.69 Å². The molecule has 1 amide bonds. The van der Waals surface area contributed by atoms with E-state index in [1.54, 1.807) is 24.5 Å². The van der Waals surface area contributed by atoms with Crippen molar-refractivity contribution in [2.24, 2.45) is 0 Å². The van der Waals surface area contributed by atoms with Gasteiger partial charge in [-0.2, -0.15) is 0 Å². The molecular weight excluding hydrogens is 266 g/mol. The largest absolute Gasteiger partial charge is 0.324 e. The van der Waals surface area contributed by atoms with Crippen LogP contribution in [0.25, 0.3) is 10.9 Å². The molecule has 0 saturated carbocycles. The van der Waals surface area contributed by atoms with Crippen molar-refractivity contribution in [1.82, 2.24) is 9.55 Å². The molecule has 5 heteroatoms. The number of carbonyl (C=O) groups is 1. The number of carbonyl (C=O) groups excluding carboxylic acids is 1. The highest BCUT2D eigenvalue weighted by Crippen LogP contribution is 2.21. The Balaban J connectivity index is 1.84. The summed E-state index contributed by atoms with van der Waals surface area (Å²) >= 11 is 0. The predicted molar refractivity (Wildman–Crippen MR) is 81.1 cm³/mol. The normalized spacial score (nSPS) is 10.5. The number of fused-ring (bicyclic) bond motifs is 1. The number of rotatable bonds is 3. The maximum atomic E-state index is 12.1. The highest BCUT2D eigenvalue weighted by Gasteiger charge is 2.07. The van der Waals surface area contributed by atoms with Crippen LogP contribution in [-0.2, 0) is 11.3 Å². The van der Waals surface area contributed by atoms with Crippen LogP contribution in [0.3, 0.4) is 0 Å². The Kier molecular flexibility index (Phi) is 3.47. The summed E-state index contributed by atoms with van der Waals surface area (Å²) in [5, 5.41) is 3.69. The zero-order chi connectivity index (χ0) is 14.7. The highest BCUT2D eigenvalue weighted by atomic mass is 16.2. The van der Waals surface area contributed by atoms with Gasteiger partial charge in [-0.3, -0.25) is 14.6 Å². The number of anilines is 1. The SMILES string of the molecule is O=C(Cn1ccccc1=O)Nc1cccc2ncccc12. The third-order valence-corrected chi connectivity index (χ3v) is 3.13. The van der Waals surface area contributed by atoms with E-state index in [1.165, 1.54) is 10.6 Å². The van der Waals surface area contributed by atoms with E-state index >= 15 is 0 Å². The van der Waals surface area contributed by atoms with Crippen molar-refractivity contribution in [1.29, 1.82) is 0 Å². The lowest BCUT2D eigenvalue weighted by Gasteiger charge is -2.09. The van der Waals surface area contributed by atoms with Crippen molar-refractivity contribution in [3.05, 3.63) is 71.3 Å². The quantitative estimate of drug-likeness (QED) is 0.798. The molecule has 1 aromatic carbocycles. The second kappa shape index (κ2) is 5.58. The predicted octanol–water partition coefficient (Wildman–Crippen LogP) is 2.04. The standard InChI is InChI=1S/C16H13N3O2/c20-15(11-19-10-2-1-8-16(19)21)18-14-7-3-6-13-12(14)5-4-9-17-13/h1-10H,11H2,(H,18,20). The summed E-state index contributed by atoms with van der Waals surface area (Å²) in [7, 11) is 0. The van der Waals surface area contributed by atoms with Crippen LogP contribution >= 0.6 is 0 Å². The molecule has 21 heavy (non-hydrogen) atoms. The van der Waals surface area contributed by atoms with Gasteiger partial charge in [0.1, 0.15) is 6.54 Å². The number of nitrogens with one attached hydrogen (secondary N) is 1. The summed E-state index contributed by atoms with van der Waals surface area (Å²) in [6.45, 7) is -0.0175. The fourth-order valence-electron chi connectivity index (χ4n) is 2.15.